The predicted molar refractivity (Wildman–Crippen MR) is 50.2 cm³/mol. The van der Waals surface area contributed by atoms with Crippen LogP contribution < -0.4 is 11.5 Å². The highest BCUT2D eigenvalue weighted by molar-refractivity contribution is 6.32. The van der Waals surface area contributed by atoms with E-state index in [0.29, 0.717) is 22.3 Å². The second-order valence-electron chi connectivity index (χ2n) is 2.38. The third-order valence-electron chi connectivity index (χ3n) is 1.49. The van der Waals surface area contributed by atoms with Crippen LogP contribution >= 0.6 is 23.2 Å². The van der Waals surface area contributed by atoms with Gasteiger partial charge in [-0.3, -0.25) is 0 Å². The van der Waals surface area contributed by atoms with E-state index < -0.39 is 0 Å². The van der Waals surface area contributed by atoms with Crippen LogP contribution in [0.5, 0.6) is 0 Å². The molecule has 0 spiro atoms. The lowest BCUT2D eigenvalue weighted by molar-refractivity contribution is 0.733. The molecule has 0 saturated carbocycles. The topological polar surface area (TPSA) is 64.9 Å². The van der Waals surface area contributed by atoms with Crippen LogP contribution in [0.25, 0.3) is 0 Å². The van der Waals surface area contributed by atoms with E-state index >= 15 is 0 Å². The quantitative estimate of drug-likeness (QED) is 0.717. The Morgan fingerprint density at radius 2 is 2.17 bits per heavy atom. The molecule has 1 aromatic heterocycles. The van der Waals surface area contributed by atoms with Gasteiger partial charge in [-0.25, -0.2) is 4.98 Å². The zero-order valence-corrected chi connectivity index (χ0v) is 7.81. The smallest absolute Gasteiger partial charge is 0.133 e. The van der Waals surface area contributed by atoms with Crippen LogP contribution in [0.4, 0.5) is 0 Å². The van der Waals surface area contributed by atoms with E-state index in [1.807, 2.05) is 0 Å². The molecule has 0 radical (unpaired) electrons. The number of rotatable bonds is 2. The highest BCUT2D eigenvalue weighted by Gasteiger charge is 2.09. The maximum absolute atomic E-state index is 5.76. The largest absolute Gasteiger partial charge is 0.329 e. The van der Waals surface area contributed by atoms with Gasteiger partial charge in [-0.05, 0) is 6.07 Å². The van der Waals surface area contributed by atoms with Gasteiger partial charge in [-0.2, -0.15) is 0 Å². The predicted octanol–water partition coefficient (Wildman–Crippen LogP) is 1.35. The molecule has 0 saturated heterocycles. The van der Waals surface area contributed by atoms with Gasteiger partial charge in [-0.15, -0.1) is 0 Å². The Morgan fingerprint density at radius 3 is 2.75 bits per heavy atom. The van der Waals surface area contributed by atoms with Gasteiger partial charge in [0.25, 0.3) is 0 Å². The monoisotopic (exact) mass is 205 g/mol. The molecular weight excluding hydrogens is 197 g/mol. The van der Waals surface area contributed by atoms with Crippen molar-refractivity contribution >= 4 is 23.2 Å². The molecule has 0 amide bonds. The molecule has 0 unspecified atom stereocenters. The second kappa shape index (κ2) is 4.05. The summed E-state index contributed by atoms with van der Waals surface area (Å²) in [5.74, 6) is 0. The fourth-order valence-corrected chi connectivity index (χ4v) is 1.24. The number of aromatic nitrogens is 1. The fraction of sp³-hybridized carbons (Fsp3) is 0.286. The first kappa shape index (κ1) is 9.74. The SMILES string of the molecule is NC[C@@H](N)c1cc(Cl)cnc1Cl. The number of nitrogens with two attached hydrogens (primary N) is 2. The minimum Gasteiger partial charge on any atom is -0.329 e. The summed E-state index contributed by atoms with van der Waals surface area (Å²) in [7, 11) is 0. The highest BCUT2D eigenvalue weighted by atomic mass is 35.5. The molecule has 0 aliphatic carbocycles. The van der Waals surface area contributed by atoms with Crippen LogP contribution in [0.3, 0.4) is 0 Å². The number of hydrogen-bond acceptors (Lipinski definition) is 3. The van der Waals surface area contributed by atoms with E-state index in [0.717, 1.165) is 0 Å². The van der Waals surface area contributed by atoms with Crippen molar-refractivity contribution < 1.29 is 0 Å². The zero-order valence-electron chi connectivity index (χ0n) is 6.30. The average Bonchev–Trinajstić information content (AvgIpc) is 2.08. The van der Waals surface area contributed by atoms with E-state index in [1.165, 1.54) is 6.20 Å². The highest BCUT2D eigenvalue weighted by Crippen LogP contribution is 2.21. The molecule has 0 fully saturated rings. The molecule has 0 bridgehead atoms. The molecule has 1 aromatic rings. The summed E-state index contributed by atoms with van der Waals surface area (Å²) in [5, 5.41) is 0.871. The van der Waals surface area contributed by atoms with Gasteiger partial charge in [0, 0.05) is 24.3 Å². The van der Waals surface area contributed by atoms with Crippen LogP contribution in [0.2, 0.25) is 10.2 Å². The Bertz CT molecular complexity index is 277. The van der Waals surface area contributed by atoms with Crippen LogP contribution in [-0.4, -0.2) is 11.5 Å². The van der Waals surface area contributed by atoms with Crippen LogP contribution in [0, 0.1) is 0 Å². The third kappa shape index (κ3) is 2.08. The summed E-state index contributed by atoms with van der Waals surface area (Å²) < 4.78 is 0. The molecule has 1 atom stereocenters. The number of pyridine rings is 1. The van der Waals surface area contributed by atoms with Crippen molar-refractivity contribution in [2.24, 2.45) is 11.5 Å². The van der Waals surface area contributed by atoms with Gasteiger partial charge in [0.15, 0.2) is 0 Å². The van der Waals surface area contributed by atoms with Crippen molar-refractivity contribution in [3.05, 3.63) is 28.0 Å². The molecule has 1 heterocycles. The Kier molecular flexibility index (Phi) is 3.29. The van der Waals surface area contributed by atoms with Gasteiger partial charge in [-0.1, -0.05) is 23.2 Å². The van der Waals surface area contributed by atoms with Crippen LogP contribution in [0.1, 0.15) is 11.6 Å². The van der Waals surface area contributed by atoms with Crippen molar-refractivity contribution in [2.45, 2.75) is 6.04 Å². The second-order valence-corrected chi connectivity index (χ2v) is 3.17. The summed E-state index contributed by atoms with van der Waals surface area (Å²) in [6.07, 6.45) is 1.47. The van der Waals surface area contributed by atoms with Crippen molar-refractivity contribution in [3.63, 3.8) is 0 Å². The standard InChI is InChI=1S/C7H9Cl2N3/c8-4-1-5(6(11)2-10)7(9)12-3-4/h1,3,6H,2,10-11H2/t6-/m1/s1. The van der Waals surface area contributed by atoms with Gasteiger partial charge in [0.2, 0.25) is 0 Å². The summed E-state index contributed by atoms with van der Waals surface area (Å²) in [5.41, 5.74) is 11.7. The first-order chi connectivity index (χ1) is 5.65. The average molecular weight is 206 g/mol. The van der Waals surface area contributed by atoms with Crippen molar-refractivity contribution in [2.75, 3.05) is 6.54 Å². The van der Waals surface area contributed by atoms with E-state index in [4.69, 9.17) is 34.7 Å². The number of halogens is 2. The van der Waals surface area contributed by atoms with E-state index in [-0.39, 0.29) is 6.04 Å². The molecule has 0 aromatic carbocycles. The number of hydrogen-bond donors (Lipinski definition) is 2. The summed E-state index contributed by atoms with van der Waals surface area (Å²) in [4.78, 5) is 3.85. The van der Waals surface area contributed by atoms with Crippen molar-refractivity contribution in [1.29, 1.82) is 0 Å². The summed E-state index contributed by atoms with van der Waals surface area (Å²) in [6, 6.07) is 1.37. The van der Waals surface area contributed by atoms with Crippen LogP contribution in [0.15, 0.2) is 12.3 Å². The summed E-state index contributed by atoms with van der Waals surface area (Å²) >= 11 is 11.5. The maximum atomic E-state index is 5.76. The Hall–Kier alpha value is -0.350. The lowest BCUT2D eigenvalue weighted by Crippen LogP contribution is -2.21. The Balaban J connectivity index is 3.04. The molecular formula is C7H9Cl2N3. The molecule has 3 nitrogen and oxygen atoms in total. The van der Waals surface area contributed by atoms with Gasteiger partial charge >= 0.3 is 0 Å². The zero-order chi connectivity index (χ0) is 9.14. The lowest BCUT2D eigenvalue weighted by atomic mass is 10.1. The normalized spacial score (nSPS) is 13.0. The lowest BCUT2D eigenvalue weighted by Gasteiger charge is -2.09. The fourth-order valence-electron chi connectivity index (χ4n) is 0.825. The Morgan fingerprint density at radius 1 is 1.50 bits per heavy atom. The van der Waals surface area contributed by atoms with Gasteiger partial charge in [0.1, 0.15) is 5.15 Å². The molecule has 12 heavy (non-hydrogen) atoms. The third-order valence-corrected chi connectivity index (χ3v) is 2.01. The number of nitrogens with zero attached hydrogens (tertiary/aromatic N) is 1. The maximum Gasteiger partial charge on any atom is 0.133 e. The molecule has 0 aliphatic rings. The van der Waals surface area contributed by atoms with Crippen molar-refractivity contribution in [1.82, 2.24) is 4.98 Å². The van der Waals surface area contributed by atoms with Gasteiger partial charge < -0.3 is 11.5 Å². The van der Waals surface area contributed by atoms with E-state index in [1.54, 1.807) is 6.07 Å². The summed E-state index contributed by atoms with van der Waals surface area (Å²) in [6.45, 7) is 0.321. The minimum atomic E-state index is -0.302. The van der Waals surface area contributed by atoms with Crippen LogP contribution in [-0.2, 0) is 0 Å². The van der Waals surface area contributed by atoms with Crippen molar-refractivity contribution in [3.8, 4) is 0 Å². The first-order valence-corrected chi connectivity index (χ1v) is 4.17. The molecule has 5 heteroatoms. The molecule has 1 rings (SSSR count). The van der Waals surface area contributed by atoms with Gasteiger partial charge in [0.05, 0.1) is 5.02 Å². The van der Waals surface area contributed by atoms with E-state index in [9.17, 15) is 0 Å². The Labute approximate surface area is 80.7 Å². The molecule has 66 valence electrons. The molecule has 4 N–H and O–H groups in total. The first-order valence-electron chi connectivity index (χ1n) is 3.41. The minimum absolute atomic E-state index is 0.302. The van der Waals surface area contributed by atoms with E-state index in [2.05, 4.69) is 4.98 Å². The molecule has 0 aliphatic heterocycles.